The molecule has 0 aromatic carbocycles. The maximum absolute atomic E-state index is 12.6. The zero-order valence-corrected chi connectivity index (χ0v) is 19.1. The van der Waals surface area contributed by atoms with Gasteiger partial charge in [0.25, 0.3) is 0 Å². The summed E-state index contributed by atoms with van der Waals surface area (Å²) in [5.41, 5.74) is 1.84. The van der Waals surface area contributed by atoms with Crippen LogP contribution in [0.25, 0.3) is 0 Å². The van der Waals surface area contributed by atoms with Crippen LogP contribution in [0.15, 0.2) is 18.3 Å². The molecule has 0 spiro atoms. The molecule has 1 aliphatic heterocycles. The van der Waals surface area contributed by atoms with Gasteiger partial charge in [-0.1, -0.05) is 6.92 Å². The normalized spacial score (nSPS) is 20.5. The van der Waals surface area contributed by atoms with Gasteiger partial charge in [-0.05, 0) is 62.8 Å². The van der Waals surface area contributed by atoms with Gasteiger partial charge in [-0.2, -0.15) is 10.4 Å². The zero-order valence-electron chi connectivity index (χ0n) is 18.3. The number of carbonyl (C=O) groups excluding carboxylic acids is 1. The van der Waals surface area contributed by atoms with E-state index in [0.717, 1.165) is 61.6 Å². The Labute approximate surface area is 188 Å². The van der Waals surface area contributed by atoms with Crippen molar-refractivity contribution in [3.8, 4) is 6.07 Å². The SMILES string of the molecule is CC1CCc2c(sc(NC(=O)CCN(C)CC3CCCN3c3cccnn3)c2C#N)C1. The summed E-state index contributed by atoms with van der Waals surface area (Å²) in [6.07, 6.45) is 7.45. The van der Waals surface area contributed by atoms with Crippen molar-refractivity contribution < 1.29 is 4.79 Å². The van der Waals surface area contributed by atoms with Crippen molar-refractivity contribution >= 4 is 28.1 Å². The lowest BCUT2D eigenvalue weighted by atomic mass is 9.89. The molecule has 2 atom stereocenters. The van der Waals surface area contributed by atoms with Crippen LogP contribution in [0.2, 0.25) is 0 Å². The van der Waals surface area contributed by atoms with E-state index in [1.165, 1.54) is 4.88 Å². The molecule has 164 valence electrons. The van der Waals surface area contributed by atoms with Gasteiger partial charge in [-0.3, -0.25) is 4.79 Å². The minimum Gasteiger partial charge on any atom is -0.351 e. The van der Waals surface area contributed by atoms with Crippen LogP contribution >= 0.6 is 11.3 Å². The molecular formula is C23H30N6OS. The number of anilines is 2. The number of aromatic nitrogens is 2. The topological polar surface area (TPSA) is 85.2 Å². The molecule has 4 rings (SSSR count). The highest BCUT2D eigenvalue weighted by molar-refractivity contribution is 7.16. The standard InChI is InChI=1S/C23H30N6OS/c1-16-7-8-18-19(14-24)23(31-20(18)13-16)26-22(30)9-12-28(2)15-17-5-4-11-29(17)21-6-3-10-25-27-21/h3,6,10,16-17H,4-5,7-9,11-13,15H2,1-2H3,(H,26,30). The molecule has 2 unspecified atom stereocenters. The van der Waals surface area contributed by atoms with Gasteiger partial charge in [0.2, 0.25) is 5.91 Å². The van der Waals surface area contributed by atoms with E-state index in [4.69, 9.17) is 0 Å². The molecular weight excluding hydrogens is 408 g/mol. The fourth-order valence-electron chi connectivity index (χ4n) is 4.66. The Bertz CT molecular complexity index is 953. The van der Waals surface area contributed by atoms with Crippen LogP contribution in [0.4, 0.5) is 10.8 Å². The number of likely N-dealkylation sites (N-methyl/N-ethyl adjacent to an activating group) is 1. The van der Waals surface area contributed by atoms with E-state index in [1.54, 1.807) is 17.5 Å². The van der Waals surface area contributed by atoms with Crippen molar-refractivity contribution in [1.82, 2.24) is 15.1 Å². The highest BCUT2D eigenvalue weighted by atomic mass is 32.1. The predicted molar refractivity (Wildman–Crippen MR) is 123 cm³/mol. The van der Waals surface area contributed by atoms with E-state index >= 15 is 0 Å². The minimum atomic E-state index is -0.0211. The Kier molecular flexibility index (Phi) is 6.83. The largest absolute Gasteiger partial charge is 0.351 e. The van der Waals surface area contributed by atoms with Crippen molar-refractivity contribution in [1.29, 1.82) is 5.26 Å². The number of rotatable bonds is 7. The van der Waals surface area contributed by atoms with Gasteiger partial charge in [0.15, 0.2) is 5.82 Å². The summed E-state index contributed by atoms with van der Waals surface area (Å²) in [6, 6.07) is 6.64. The second kappa shape index (κ2) is 9.75. The fraction of sp³-hybridized carbons (Fsp3) is 0.565. The van der Waals surface area contributed by atoms with Crippen molar-refractivity contribution in [2.75, 3.05) is 36.9 Å². The number of nitrogens with zero attached hydrogens (tertiary/aromatic N) is 5. The molecule has 2 aromatic rings. The molecule has 31 heavy (non-hydrogen) atoms. The maximum atomic E-state index is 12.6. The van der Waals surface area contributed by atoms with Gasteiger partial charge in [0, 0.05) is 43.2 Å². The van der Waals surface area contributed by atoms with Crippen LogP contribution in [0.1, 0.15) is 48.6 Å². The molecule has 3 heterocycles. The van der Waals surface area contributed by atoms with Crippen LogP contribution in [0.5, 0.6) is 0 Å². The molecule has 0 saturated carbocycles. The number of fused-ring (bicyclic) bond motifs is 1. The second-order valence-corrected chi connectivity index (χ2v) is 9.90. The number of amides is 1. The third-order valence-electron chi connectivity index (χ3n) is 6.35. The van der Waals surface area contributed by atoms with Crippen molar-refractivity contribution in [2.24, 2.45) is 5.92 Å². The fourth-order valence-corrected chi connectivity index (χ4v) is 6.04. The van der Waals surface area contributed by atoms with Gasteiger partial charge in [0.1, 0.15) is 11.1 Å². The van der Waals surface area contributed by atoms with Crippen LogP contribution in [-0.2, 0) is 17.6 Å². The van der Waals surface area contributed by atoms with Crippen LogP contribution in [0.3, 0.4) is 0 Å². The van der Waals surface area contributed by atoms with Gasteiger partial charge >= 0.3 is 0 Å². The van der Waals surface area contributed by atoms with Crippen LogP contribution < -0.4 is 10.2 Å². The van der Waals surface area contributed by atoms with E-state index in [9.17, 15) is 10.1 Å². The van der Waals surface area contributed by atoms with Gasteiger partial charge in [-0.15, -0.1) is 16.4 Å². The summed E-state index contributed by atoms with van der Waals surface area (Å²) in [5, 5.41) is 21.6. The monoisotopic (exact) mass is 438 g/mol. The summed E-state index contributed by atoms with van der Waals surface area (Å²) in [4.78, 5) is 18.4. The molecule has 1 N–H and O–H groups in total. The molecule has 0 bridgehead atoms. The van der Waals surface area contributed by atoms with E-state index in [-0.39, 0.29) is 5.91 Å². The highest BCUT2D eigenvalue weighted by Crippen LogP contribution is 2.39. The molecule has 1 fully saturated rings. The highest BCUT2D eigenvalue weighted by Gasteiger charge is 2.27. The Morgan fingerprint density at radius 1 is 1.45 bits per heavy atom. The molecule has 8 heteroatoms. The number of thiophene rings is 1. The molecule has 7 nitrogen and oxygen atoms in total. The lowest BCUT2D eigenvalue weighted by Crippen LogP contribution is -2.40. The van der Waals surface area contributed by atoms with Gasteiger partial charge in [-0.25, -0.2) is 0 Å². The quantitative estimate of drug-likeness (QED) is 0.713. The predicted octanol–water partition coefficient (Wildman–Crippen LogP) is 3.46. The molecule has 1 saturated heterocycles. The minimum absolute atomic E-state index is 0.0211. The number of nitriles is 1. The first-order chi connectivity index (χ1) is 15.0. The van der Waals surface area contributed by atoms with E-state index in [1.807, 2.05) is 12.1 Å². The van der Waals surface area contributed by atoms with Crippen molar-refractivity contribution in [3.63, 3.8) is 0 Å². The average molecular weight is 439 g/mol. The van der Waals surface area contributed by atoms with E-state index in [2.05, 4.69) is 45.4 Å². The number of nitrogens with one attached hydrogen (secondary N) is 1. The Hall–Kier alpha value is -2.50. The number of hydrogen-bond donors (Lipinski definition) is 1. The third kappa shape index (κ3) is 5.05. The summed E-state index contributed by atoms with van der Waals surface area (Å²) in [5.74, 6) is 1.55. The molecule has 0 radical (unpaired) electrons. The molecule has 2 aliphatic rings. The van der Waals surface area contributed by atoms with E-state index in [0.29, 0.717) is 30.5 Å². The molecule has 2 aromatic heterocycles. The first-order valence-electron chi connectivity index (χ1n) is 11.1. The third-order valence-corrected chi connectivity index (χ3v) is 7.52. The summed E-state index contributed by atoms with van der Waals surface area (Å²) in [6.45, 7) is 4.81. The van der Waals surface area contributed by atoms with Gasteiger partial charge < -0.3 is 15.1 Å². The second-order valence-electron chi connectivity index (χ2n) is 8.80. The van der Waals surface area contributed by atoms with Crippen molar-refractivity contribution in [3.05, 3.63) is 34.3 Å². The Balaban J connectivity index is 1.30. The lowest BCUT2D eigenvalue weighted by Gasteiger charge is -2.29. The van der Waals surface area contributed by atoms with Crippen LogP contribution in [-0.4, -0.2) is 53.7 Å². The average Bonchev–Trinajstić information content (AvgIpc) is 3.36. The summed E-state index contributed by atoms with van der Waals surface area (Å²) >= 11 is 1.59. The van der Waals surface area contributed by atoms with E-state index < -0.39 is 0 Å². The first-order valence-corrected chi connectivity index (χ1v) is 11.9. The van der Waals surface area contributed by atoms with Crippen molar-refractivity contribution in [2.45, 2.75) is 51.5 Å². The Morgan fingerprint density at radius 2 is 2.32 bits per heavy atom. The zero-order chi connectivity index (χ0) is 21.8. The maximum Gasteiger partial charge on any atom is 0.226 e. The number of carbonyl (C=O) groups is 1. The summed E-state index contributed by atoms with van der Waals surface area (Å²) < 4.78 is 0. The van der Waals surface area contributed by atoms with Gasteiger partial charge in [0.05, 0.1) is 5.56 Å². The number of hydrogen-bond acceptors (Lipinski definition) is 7. The Morgan fingerprint density at radius 3 is 3.10 bits per heavy atom. The molecule has 1 amide bonds. The van der Waals surface area contributed by atoms with Crippen LogP contribution in [0, 0.1) is 17.2 Å². The first kappa shape index (κ1) is 21.7. The lowest BCUT2D eigenvalue weighted by molar-refractivity contribution is -0.116. The summed E-state index contributed by atoms with van der Waals surface area (Å²) in [7, 11) is 2.06. The smallest absolute Gasteiger partial charge is 0.226 e. The molecule has 1 aliphatic carbocycles.